The van der Waals surface area contributed by atoms with Crippen molar-refractivity contribution in [1.82, 2.24) is 9.62 Å². The third-order valence-electron chi connectivity index (χ3n) is 5.84. The maximum atomic E-state index is 12.6. The Morgan fingerprint density at radius 2 is 1.92 bits per heavy atom. The van der Waals surface area contributed by atoms with E-state index in [-0.39, 0.29) is 30.5 Å². The van der Waals surface area contributed by atoms with E-state index in [0.717, 1.165) is 26.1 Å². The second-order valence-electron chi connectivity index (χ2n) is 7.50. The van der Waals surface area contributed by atoms with Gasteiger partial charge in [-0.1, -0.05) is 24.6 Å². The second-order valence-corrected chi connectivity index (χ2v) is 9.37. The average molecular weight is 381 g/mol. The third kappa shape index (κ3) is 3.91. The van der Waals surface area contributed by atoms with E-state index < -0.39 is 10.0 Å². The number of fused-ring (bicyclic) bond motifs is 1. The molecule has 0 amide bonds. The molecule has 0 unspecified atom stereocenters. The highest BCUT2D eigenvalue weighted by atomic mass is 32.2. The fraction of sp³-hybridized carbons (Fsp3) is 0.684. The molecule has 0 aromatic heterocycles. The van der Waals surface area contributed by atoms with Crippen LogP contribution in [0.25, 0.3) is 0 Å². The number of sulfonamides is 1. The summed E-state index contributed by atoms with van der Waals surface area (Å²) in [5, 5.41) is 0. The van der Waals surface area contributed by atoms with Gasteiger partial charge < -0.3 is 9.47 Å². The molecule has 7 heteroatoms. The summed E-state index contributed by atoms with van der Waals surface area (Å²) in [5.41, 5.74) is 0. The molecule has 1 aromatic rings. The molecule has 6 nitrogen and oxygen atoms in total. The minimum Gasteiger partial charge on any atom is -0.492 e. The zero-order valence-corrected chi connectivity index (χ0v) is 15.9. The normalized spacial score (nSPS) is 32.0. The lowest BCUT2D eigenvalue weighted by Gasteiger charge is -2.53. The van der Waals surface area contributed by atoms with E-state index in [9.17, 15) is 8.42 Å². The summed E-state index contributed by atoms with van der Waals surface area (Å²) in [6, 6.07) is 9.48. The van der Waals surface area contributed by atoms with Crippen molar-refractivity contribution in [2.45, 2.75) is 43.9 Å². The SMILES string of the molecule is O=S(=O)(CCOc1ccccc1)N[C@H]1[C@H]2CCO[C@H]2[C@@H]1N1CCCCC1. The lowest BCUT2D eigenvalue weighted by molar-refractivity contribution is -0.0830. The molecule has 2 heterocycles. The van der Waals surface area contributed by atoms with Crippen LogP contribution in [0.1, 0.15) is 25.7 Å². The Morgan fingerprint density at radius 1 is 1.15 bits per heavy atom. The van der Waals surface area contributed by atoms with Gasteiger partial charge in [-0.15, -0.1) is 0 Å². The maximum Gasteiger partial charge on any atom is 0.215 e. The van der Waals surface area contributed by atoms with Crippen molar-refractivity contribution in [2.75, 3.05) is 32.1 Å². The van der Waals surface area contributed by atoms with Crippen LogP contribution in [-0.4, -0.2) is 63.6 Å². The van der Waals surface area contributed by atoms with Gasteiger partial charge in [-0.3, -0.25) is 4.90 Å². The highest BCUT2D eigenvalue weighted by Crippen LogP contribution is 2.42. The number of ether oxygens (including phenoxy) is 2. The first-order valence-electron chi connectivity index (χ1n) is 9.67. The second kappa shape index (κ2) is 7.84. The average Bonchev–Trinajstić information content (AvgIpc) is 3.05. The number of piperidine rings is 1. The Labute approximate surface area is 155 Å². The van der Waals surface area contributed by atoms with E-state index in [1.165, 1.54) is 19.3 Å². The molecule has 0 spiro atoms. The molecule has 3 fully saturated rings. The van der Waals surface area contributed by atoms with Crippen LogP contribution in [0.15, 0.2) is 30.3 Å². The molecule has 4 atom stereocenters. The Bertz CT molecular complexity index is 691. The van der Waals surface area contributed by atoms with Crippen molar-refractivity contribution in [2.24, 2.45) is 5.92 Å². The van der Waals surface area contributed by atoms with Gasteiger partial charge in [0.1, 0.15) is 12.4 Å². The van der Waals surface area contributed by atoms with Gasteiger partial charge in [0.25, 0.3) is 0 Å². The van der Waals surface area contributed by atoms with Gasteiger partial charge in [-0.2, -0.15) is 0 Å². The zero-order valence-electron chi connectivity index (χ0n) is 15.0. The molecule has 4 rings (SSSR count). The third-order valence-corrected chi connectivity index (χ3v) is 7.18. The van der Waals surface area contributed by atoms with Gasteiger partial charge in [-0.05, 0) is 44.5 Å². The van der Waals surface area contributed by atoms with Crippen molar-refractivity contribution < 1.29 is 17.9 Å². The quantitative estimate of drug-likeness (QED) is 0.779. The van der Waals surface area contributed by atoms with Gasteiger partial charge in [0, 0.05) is 18.6 Å². The molecule has 2 aliphatic heterocycles. The summed E-state index contributed by atoms with van der Waals surface area (Å²) in [5.74, 6) is 0.983. The minimum atomic E-state index is -3.38. The van der Waals surface area contributed by atoms with Crippen molar-refractivity contribution in [3.63, 3.8) is 0 Å². The maximum absolute atomic E-state index is 12.6. The number of nitrogens with zero attached hydrogens (tertiary/aromatic N) is 1. The first-order chi connectivity index (χ1) is 12.6. The summed E-state index contributed by atoms with van der Waals surface area (Å²) in [4.78, 5) is 2.43. The Kier molecular flexibility index (Phi) is 5.50. The molecule has 3 aliphatic rings. The molecule has 144 valence electrons. The summed E-state index contributed by atoms with van der Waals surface area (Å²) < 4.78 is 39.6. The van der Waals surface area contributed by atoms with Crippen molar-refractivity contribution in [3.05, 3.63) is 30.3 Å². The van der Waals surface area contributed by atoms with Crippen LogP contribution < -0.4 is 9.46 Å². The number of hydrogen-bond donors (Lipinski definition) is 1. The van der Waals surface area contributed by atoms with Crippen molar-refractivity contribution in [1.29, 1.82) is 0 Å². The molecule has 1 aromatic carbocycles. The van der Waals surface area contributed by atoms with Crippen LogP contribution in [0.4, 0.5) is 0 Å². The Morgan fingerprint density at radius 3 is 2.69 bits per heavy atom. The highest BCUT2D eigenvalue weighted by Gasteiger charge is 2.57. The molecule has 2 saturated heterocycles. The van der Waals surface area contributed by atoms with Gasteiger partial charge >= 0.3 is 0 Å². The van der Waals surface area contributed by atoms with Crippen molar-refractivity contribution >= 4 is 10.0 Å². The van der Waals surface area contributed by atoms with Gasteiger partial charge in [0.15, 0.2) is 0 Å². The first-order valence-corrected chi connectivity index (χ1v) is 11.3. The van der Waals surface area contributed by atoms with E-state index in [1.807, 2.05) is 30.3 Å². The van der Waals surface area contributed by atoms with Crippen LogP contribution in [0, 0.1) is 5.92 Å². The van der Waals surface area contributed by atoms with Crippen molar-refractivity contribution in [3.8, 4) is 5.75 Å². The fourth-order valence-electron chi connectivity index (χ4n) is 4.54. The molecular formula is C19H28N2O4S. The minimum absolute atomic E-state index is 0.0244. The molecule has 0 bridgehead atoms. The van der Waals surface area contributed by atoms with E-state index >= 15 is 0 Å². The van der Waals surface area contributed by atoms with Crippen LogP contribution in [0.3, 0.4) is 0 Å². The Balaban J connectivity index is 1.34. The first kappa shape index (κ1) is 18.2. The van der Waals surface area contributed by atoms with Crippen LogP contribution in [0.5, 0.6) is 5.75 Å². The van der Waals surface area contributed by atoms with Crippen LogP contribution in [0.2, 0.25) is 0 Å². The number of rotatable bonds is 7. The van der Waals surface area contributed by atoms with Gasteiger partial charge in [0.2, 0.25) is 10.0 Å². The summed E-state index contributed by atoms with van der Waals surface area (Å²) in [6.45, 7) is 3.00. The summed E-state index contributed by atoms with van der Waals surface area (Å²) in [6.07, 6.45) is 4.80. The van der Waals surface area contributed by atoms with Gasteiger partial charge in [0.05, 0.1) is 17.9 Å². The number of nitrogens with one attached hydrogen (secondary N) is 1. The topological polar surface area (TPSA) is 67.9 Å². The number of likely N-dealkylation sites (tertiary alicyclic amines) is 1. The molecule has 1 N–H and O–H groups in total. The molecule has 26 heavy (non-hydrogen) atoms. The van der Waals surface area contributed by atoms with E-state index in [2.05, 4.69) is 9.62 Å². The molecule has 0 radical (unpaired) electrons. The number of hydrogen-bond acceptors (Lipinski definition) is 5. The monoisotopic (exact) mass is 380 g/mol. The summed E-state index contributed by atoms with van der Waals surface area (Å²) >= 11 is 0. The smallest absolute Gasteiger partial charge is 0.215 e. The predicted molar refractivity (Wildman–Crippen MR) is 99.7 cm³/mol. The highest BCUT2D eigenvalue weighted by molar-refractivity contribution is 7.89. The van der Waals surface area contributed by atoms with Gasteiger partial charge in [-0.25, -0.2) is 13.1 Å². The Hall–Kier alpha value is -1.15. The molecular weight excluding hydrogens is 352 g/mol. The van der Waals surface area contributed by atoms with E-state index in [1.54, 1.807) is 0 Å². The van der Waals surface area contributed by atoms with E-state index in [0.29, 0.717) is 11.7 Å². The summed E-state index contributed by atoms with van der Waals surface area (Å²) in [7, 11) is -3.38. The number of benzene rings is 1. The largest absolute Gasteiger partial charge is 0.492 e. The van der Waals surface area contributed by atoms with E-state index in [4.69, 9.17) is 9.47 Å². The lowest BCUT2D eigenvalue weighted by atomic mass is 9.71. The van der Waals surface area contributed by atoms with Crippen LogP contribution >= 0.6 is 0 Å². The van der Waals surface area contributed by atoms with Crippen LogP contribution in [-0.2, 0) is 14.8 Å². The predicted octanol–water partition coefficient (Wildman–Crippen LogP) is 1.63. The fourth-order valence-corrected chi connectivity index (χ4v) is 5.69. The number of para-hydroxylation sites is 1. The zero-order chi connectivity index (χ0) is 18.0. The molecule has 1 saturated carbocycles. The standard InChI is InChI=1S/C19H28N2O4S/c22-26(23,14-13-24-15-7-3-1-4-8-15)20-17-16-9-12-25-19(16)18(17)21-10-5-2-6-11-21/h1,3-4,7-8,16-20H,2,5-6,9-14H2/t16-,17+,18-,19-/m1/s1. The lowest BCUT2D eigenvalue weighted by Crippen LogP contribution is -2.71. The molecule has 1 aliphatic carbocycles.